The van der Waals surface area contributed by atoms with Gasteiger partial charge in [-0.1, -0.05) is 30.3 Å². The topological polar surface area (TPSA) is 212 Å². The van der Waals surface area contributed by atoms with E-state index < -0.39 is 87.6 Å². The summed E-state index contributed by atoms with van der Waals surface area (Å²) in [5.41, 5.74) is 4.94. The van der Waals surface area contributed by atoms with E-state index in [1.54, 1.807) is 44.2 Å². The van der Waals surface area contributed by atoms with Crippen molar-refractivity contribution in [3.8, 4) is 0 Å². The van der Waals surface area contributed by atoms with Gasteiger partial charge in [-0.25, -0.2) is 9.59 Å². The molecule has 0 spiro atoms. The van der Waals surface area contributed by atoms with E-state index in [1.165, 1.54) is 33.3 Å². The number of benzene rings is 1. The lowest BCUT2D eigenvalue weighted by Gasteiger charge is -2.53. The molecule has 0 aliphatic carbocycles. The number of esters is 3. The molecule has 1 aromatic rings. The van der Waals surface area contributed by atoms with Gasteiger partial charge in [0, 0.05) is 22.3 Å². The molecule has 0 radical (unpaired) electrons. The molecule has 0 saturated carbocycles. The predicted molar refractivity (Wildman–Crippen MR) is 171 cm³/mol. The standard InChI is InChI=1S/C31H38N4O11S2/c1-29(2)22(34-17(36)13-18(34)47-29)25(41)44-14-31(33-24(40)21(32)16-9-6-5-7-10-16)27(43)35-23(30(3,4)48-28(31)35)26(42)46-15-45-20(39)12-8-11-19(37)38/h5-7,9-10,18,21-23,28H,8,11-15,32H2,1-4H3,(H,33,40)(H,37,38)/t18-,21?,22+,23+,28-,31-/m1/s1. The van der Waals surface area contributed by atoms with Crippen molar-refractivity contribution in [2.45, 2.75) is 97.3 Å². The molecule has 4 saturated heterocycles. The van der Waals surface area contributed by atoms with Gasteiger partial charge < -0.3 is 40.2 Å². The van der Waals surface area contributed by atoms with E-state index >= 15 is 0 Å². The molecule has 48 heavy (non-hydrogen) atoms. The van der Waals surface area contributed by atoms with Crippen LogP contribution in [0.25, 0.3) is 0 Å². The Morgan fingerprint density at radius 1 is 0.938 bits per heavy atom. The minimum atomic E-state index is -1.80. The number of ether oxygens (including phenoxy) is 3. The molecule has 1 unspecified atom stereocenters. The number of carboxylic acid groups (broad SMARTS) is 1. The number of amides is 3. The summed E-state index contributed by atoms with van der Waals surface area (Å²) in [6.07, 6.45) is -0.0375. The van der Waals surface area contributed by atoms with Crippen molar-refractivity contribution in [2.75, 3.05) is 13.4 Å². The Kier molecular flexibility index (Phi) is 9.78. The fraction of sp³-hybridized carbons (Fsp3) is 0.581. The van der Waals surface area contributed by atoms with E-state index in [1.807, 2.05) is 13.8 Å². The van der Waals surface area contributed by atoms with Gasteiger partial charge in [0.25, 0.3) is 5.91 Å². The number of nitrogens with zero attached hydrogens (tertiary/aromatic N) is 2. The van der Waals surface area contributed by atoms with E-state index in [4.69, 9.17) is 25.1 Å². The Bertz CT molecular complexity index is 1520. The highest BCUT2D eigenvalue weighted by atomic mass is 32.2. The highest BCUT2D eigenvalue weighted by Gasteiger charge is 2.73. The molecule has 4 N–H and O–H groups in total. The number of thioether (sulfide) groups is 2. The van der Waals surface area contributed by atoms with Gasteiger partial charge in [-0.05, 0) is 39.7 Å². The predicted octanol–water partition coefficient (Wildman–Crippen LogP) is 0.898. The van der Waals surface area contributed by atoms with Crippen LogP contribution in [-0.4, -0.2) is 108 Å². The van der Waals surface area contributed by atoms with Crippen LogP contribution in [0.3, 0.4) is 0 Å². The summed E-state index contributed by atoms with van der Waals surface area (Å²) in [7, 11) is 0. The van der Waals surface area contributed by atoms with Crippen molar-refractivity contribution < 1.29 is 52.9 Å². The summed E-state index contributed by atoms with van der Waals surface area (Å²) in [6, 6.07) is 5.25. The zero-order valence-electron chi connectivity index (χ0n) is 26.8. The number of hydrogen-bond acceptors (Lipinski definition) is 13. The van der Waals surface area contributed by atoms with Crippen LogP contribution in [0.4, 0.5) is 0 Å². The molecular formula is C31H38N4O11S2. The summed E-state index contributed by atoms with van der Waals surface area (Å²) in [5, 5.41) is 10.4. The summed E-state index contributed by atoms with van der Waals surface area (Å²) in [5.74, 6) is -5.00. The number of nitrogens with two attached hydrogens (primary N) is 1. The lowest BCUT2D eigenvalue weighted by Crippen LogP contribution is -2.81. The number of carbonyl (C=O) groups excluding carboxylic acids is 6. The Hall–Kier alpha value is -3.83. The van der Waals surface area contributed by atoms with Crippen molar-refractivity contribution in [1.82, 2.24) is 15.1 Å². The van der Waals surface area contributed by atoms with Gasteiger partial charge in [0.15, 0.2) is 5.54 Å². The largest absolute Gasteiger partial charge is 0.481 e. The fourth-order valence-corrected chi connectivity index (χ4v) is 9.70. The normalized spacial score (nSPS) is 28.3. The van der Waals surface area contributed by atoms with Gasteiger partial charge in [-0.15, -0.1) is 23.5 Å². The van der Waals surface area contributed by atoms with Crippen LogP contribution < -0.4 is 11.1 Å². The summed E-state index contributed by atoms with van der Waals surface area (Å²) >= 11 is 2.68. The van der Waals surface area contributed by atoms with Crippen molar-refractivity contribution in [1.29, 1.82) is 0 Å². The molecule has 4 heterocycles. The van der Waals surface area contributed by atoms with Crippen LogP contribution in [0.1, 0.15) is 65.0 Å². The quantitative estimate of drug-likeness (QED) is 0.148. The molecule has 4 aliphatic rings. The summed E-state index contributed by atoms with van der Waals surface area (Å²) < 4.78 is 14.2. The fourth-order valence-electron chi connectivity index (χ4n) is 6.41. The molecule has 4 fully saturated rings. The second-order valence-electron chi connectivity index (χ2n) is 13.1. The Balaban J connectivity index is 1.32. The molecule has 4 aliphatic heterocycles. The lowest BCUT2D eigenvalue weighted by molar-refractivity contribution is -0.185. The molecule has 3 amide bonds. The number of fused-ring (bicyclic) bond motifs is 2. The first-order valence-corrected chi connectivity index (χ1v) is 17.1. The molecule has 260 valence electrons. The van der Waals surface area contributed by atoms with Gasteiger partial charge in [-0.2, -0.15) is 0 Å². The van der Waals surface area contributed by atoms with E-state index in [0.717, 1.165) is 0 Å². The maximum Gasteiger partial charge on any atom is 0.333 e. The van der Waals surface area contributed by atoms with Gasteiger partial charge in [0.05, 0.1) is 11.8 Å². The van der Waals surface area contributed by atoms with E-state index in [9.17, 15) is 33.6 Å². The second-order valence-corrected chi connectivity index (χ2v) is 16.6. The molecule has 6 atom stereocenters. The zero-order chi connectivity index (χ0) is 35.2. The smallest absolute Gasteiger partial charge is 0.333 e. The minimum absolute atomic E-state index is 0.0523. The first kappa shape index (κ1) is 35.5. The van der Waals surface area contributed by atoms with Crippen LogP contribution in [0.5, 0.6) is 0 Å². The van der Waals surface area contributed by atoms with Gasteiger partial charge >= 0.3 is 23.9 Å². The summed E-state index contributed by atoms with van der Waals surface area (Å²) in [4.78, 5) is 92.2. The third-order valence-corrected chi connectivity index (χ3v) is 12.0. The zero-order valence-corrected chi connectivity index (χ0v) is 28.5. The Morgan fingerprint density at radius 3 is 2.21 bits per heavy atom. The molecule has 5 rings (SSSR count). The van der Waals surface area contributed by atoms with Crippen molar-refractivity contribution >= 4 is 65.1 Å². The molecular weight excluding hydrogens is 668 g/mol. The molecule has 15 nitrogen and oxygen atoms in total. The molecule has 1 aromatic carbocycles. The highest BCUT2D eigenvalue weighted by Crippen LogP contribution is 2.56. The van der Waals surface area contributed by atoms with Crippen LogP contribution >= 0.6 is 23.5 Å². The van der Waals surface area contributed by atoms with Crippen LogP contribution in [-0.2, 0) is 47.8 Å². The first-order chi connectivity index (χ1) is 22.5. The number of nitrogens with one attached hydrogen (secondary N) is 1. The maximum atomic E-state index is 14.1. The molecule has 0 aromatic heterocycles. The van der Waals surface area contributed by atoms with Crippen molar-refractivity contribution in [2.24, 2.45) is 5.73 Å². The van der Waals surface area contributed by atoms with E-state index in [-0.39, 0.29) is 30.5 Å². The molecule has 17 heteroatoms. The number of carboxylic acids is 1. The minimum Gasteiger partial charge on any atom is -0.481 e. The van der Waals surface area contributed by atoms with Crippen molar-refractivity contribution in [3.05, 3.63) is 35.9 Å². The average Bonchev–Trinajstić information content (AvgIpc) is 3.42. The monoisotopic (exact) mass is 706 g/mol. The highest BCUT2D eigenvalue weighted by molar-refractivity contribution is 8.02. The third kappa shape index (κ3) is 6.46. The van der Waals surface area contributed by atoms with Crippen LogP contribution in [0, 0.1) is 0 Å². The number of β-lactam (4-membered cyclic amide) rings is 2. The van der Waals surface area contributed by atoms with E-state index in [2.05, 4.69) is 5.32 Å². The van der Waals surface area contributed by atoms with Crippen LogP contribution in [0.15, 0.2) is 30.3 Å². The second kappa shape index (κ2) is 13.2. The molecule has 0 bridgehead atoms. The maximum absolute atomic E-state index is 14.1. The number of hydrogen-bond donors (Lipinski definition) is 3. The number of rotatable bonds is 13. The Morgan fingerprint density at radius 2 is 1.56 bits per heavy atom. The van der Waals surface area contributed by atoms with Crippen LogP contribution in [0.2, 0.25) is 0 Å². The van der Waals surface area contributed by atoms with Gasteiger partial charge in [0.1, 0.15) is 30.1 Å². The Labute approximate surface area is 284 Å². The van der Waals surface area contributed by atoms with Crippen molar-refractivity contribution in [3.63, 3.8) is 0 Å². The van der Waals surface area contributed by atoms with Gasteiger partial charge in [0.2, 0.25) is 18.6 Å². The first-order valence-electron chi connectivity index (χ1n) is 15.3. The number of carbonyl (C=O) groups is 7. The third-order valence-electron chi connectivity index (χ3n) is 8.84. The van der Waals surface area contributed by atoms with E-state index in [0.29, 0.717) is 12.0 Å². The lowest BCUT2D eigenvalue weighted by atomic mass is 9.84. The number of aliphatic carboxylic acids is 1. The summed E-state index contributed by atoms with van der Waals surface area (Å²) in [6.45, 7) is 5.75. The average molecular weight is 707 g/mol. The van der Waals surface area contributed by atoms with Gasteiger partial charge in [-0.3, -0.25) is 24.0 Å². The SMILES string of the molecule is CC1(C)S[C@@H]2CC(=O)N2[C@H]1C(=O)OC[C@@]1(NC(=O)C(N)c2ccccc2)C(=O)N2[C@@H](C(=O)OCOC(=O)CCCC(=O)O)C(C)(C)S[C@@H]21.